The summed E-state index contributed by atoms with van der Waals surface area (Å²) in [5.41, 5.74) is 7.50. The molecule has 3 heterocycles. The van der Waals surface area contributed by atoms with Crippen LogP contribution in [0.2, 0.25) is 0 Å². The van der Waals surface area contributed by atoms with Gasteiger partial charge in [0.1, 0.15) is 16.3 Å². The van der Waals surface area contributed by atoms with Crippen LogP contribution in [-0.2, 0) is 9.84 Å². The summed E-state index contributed by atoms with van der Waals surface area (Å²) in [7, 11) is -3.61. The van der Waals surface area contributed by atoms with Crippen LogP contribution in [0.15, 0.2) is 29.4 Å². The first-order chi connectivity index (χ1) is 12.7. The SMILES string of the molecule is CCOc1cc2ncc(-c3cc(F)c(N)nc3C)n2cc1S(=O)(=O)C(C)C. The van der Waals surface area contributed by atoms with Crippen molar-refractivity contribution in [2.45, 2.75) is 37.8 Å². The zero-order chi connectivity index (χ0) is 19.9. The first-order valence-corrected chi connectivity index (χ1v) is 10.0. The van der Waals surface area contributed by atoms with Gasteiger partial charge in [-0.2, -0.15) is 0 Å². The Hall–Kier alpha value is -2.68. The number of pyridine rings is 2. The molecule has 0 aliphatic heterocycles. The van der Waals surface area contributed by atoms with E-state index >= 15 is 0 Å². The molecule has 0 unspecified atom stereocenters. The van der Waals surface area contributed by atoms with E-state index in [-0.39, 0.29) is 16.5 Å². The number of nitrogen functional groups attached to an aromatic ring is 1. The highest BCUT2D eigenvalue weighted by molar-refractivity contribution is 7.92. The quantitative estimate of drug-likeness (QED) is 0.716. The minimum absolute atomic E-state index is 0.0626. The predicted molar refractivity (Wildman–Crippen MR) is 101 cm³/mol. The fourth-order valence-electron chi connectivity index (χ4n) is 2.78. The van der Waals surface area contributed by atoms with E-state index in [0.29, 0.717) is 29.2 Å². The maximum Gasteiger partial charge on any atom is 0.185 e. The summed E-state index contributed by atoms with van der Waals surface area (Å²) >= 11 is 0. The number of rotatable bonds is 5. The van der Waals surface area contributed by atoms with E-state index in [1.54, 1.807) is 38.2 Å². The molecule has 2 N–H and O–H groups in total. The number of hydrogen-bond acceptors (Lipinski definition) is 6. The van der Waals surface area contributed by atoms with Crippen LogP contribution >= 0.6 is 0 Å². The molecule has 3 aromatic heterocycles. The molecule has 0 spiro atoms. The van der Waals surface area contributed by atoms with Crippen molar-refractivity contribution in [1.29, 1.82) is 0 Å². The highest BCUT2D eigenvalue weighted by Gasteiger charge is 2.26. The second kappa shape index (κ2) is 6.80. The Morgan fingerprint density at radius 1 is 1.33 bits per heavy atom. The van der Waals surface area contributed by atoms with Crippen LogP contribution in [0.25, 0.3) is 16.9 Å². The number of fused-ring (bicyclic) bond motifs is 1. The molecular weight excluding hydrogens is 371 g/mol. The lowest BCUT2D eigenvalue weighted by Crippen LogP contribution is -2.16. The van der Waals surface area contributed by atoms with Crippen molar-refractivity contribution in [3.63, 3.8) is 0 Å². The van der Waals surface area contributed by atoms with E-state index < -0.39 is 20.9 Å². The summed E-state index contributed by atoms with van der Waals surface area (Å²) in [6, 6.07) is 2.84. The molecule has 0 saturated carbocycles. The summed E-state index contributed by atoms with van der Waals surface area (Å²) in [6.07, 6.45) is 3.00. The third-order valence-corrected chi connectivity index (χ3v) is 6.43. The van der Waals surface area contributed by atoms with Crippen LogP contribution in [0.3, 0.4) is 0 Å². The molecule has 0 atom stereocenters. The summed E-state index contributed by atoms with van der Waals surface area (Å²) in [5, 5.41) is -0.626. The molecule has 9 heteroatoms. The van der Waals surface area contributed by atoms with Gasteiger partial charge in [-0.1, -0.05) is 0 Å². The lowest BCUT2D eigenvalue weighted by molar-refractivity contribution is 0.330. The van der Waals surface area contributed by atoms with E-state index in [1.807, 2.05) is 0 Å². The van der Waals surface area contributed by atoms with E-state index in [0.717, 1.165) is 0 Å². The molecule has 0 fully saturated rings. The van der Waals surface area contributed by atoms with Crippen molar-refractivity contribution < 1.29 is 17.5 Å². The molecule has 3 aromatic rings. The third-order valence-electron chi connectivity index (χ3n) is 4.27. The largest absolute Gasteiger partial charge is 0.492 e. The average Bonchev–Trinajstić information content (AvgIpc) is 3.00. The number of imidazole rings is 1. The Morgan fingerprint density at radius 3 is 2.67 bits per heavy atom. The number of sulfone groups is 1. The fourth-order valence-corrected chi connectivity index (χ4v) is 3.94. The van der Waals surface area contributed by atoms with Gasteiger partial charge < -0.3 is 10.5 Å². The van der Waals surface area contributed by atoms with E-state index in [9.17, 15) is 12.8 Å². The maximum absolute atomic E-state index is 14.0. The van der Waals surface area contributed by atoms with Gasteiger partial charge in [0.25, 0.3) is 0 Å². The van der Waals surface area contributed by atoms with Crippen molar-refractivity contribution >= 4 is 21.3 Å². The number of ether oxygens (including phenoxy) is 1. The Labute approximate surface area is 156 Å². The Kier molecular flexibility index (Phi) is 4.81. The van der Waals surface area contributed by atoms with Gasteiger partial charge in [0.2, 0.25) is 0 Å². The number of nitrogens with zero attached hydrogens (tertiary/aromatic N) is 3. The number of aryl methyl sites for hydroxylation is 1. The van der Waals surface area contributed by atoms with Gasteiger partial charge in [0.15, 0.2) is 21.5 Å². The van der Waals surface area contributed by atoms with Crippen LogP contribution in [0.5, 0.6) is 5.75 Å². The Morgan fingerprint density at radius 2 is 2.04 bits per heavy atom. The first-order valence-electron chi connectivity index (χ1n) is 8.47. The van der Waals surface area contributed by atoms with Crippen molar-refractivity contribution in [3.8, 4) is 17.0 Å². The zero-order valence-electron chi connectivity index (χ0n) is 15.5. The van der Waals surface area contributed by atoms with Crippen LogP contribution in [-0.4, -0.2) is 34.6 Å². The van der Waals surface area contributed by atoms with E-state index in [2.05, 4.69) is 9.97 Å². The van der Waals surface area contributed by atoms with Gasteiger partial charge in [0, 0.05) is 23.5 Å². The molecule has 0 radical (unpaired) electrons. The molecular formula is C18H21FN4O3S. The fraction of sp³-hybridized carbons (Fsp3) is 0.333. The van der Waals surface area contributed by atoms with Gasteiger partial charge in [-0.05, 0) is 33.8 Å². The van der Waals surface area contributed by atoms with Gasteiger partial charge in [0.05, 0.1) is 23.7 Å². The number of anilines is 1. The van der Waals surface area contributed by atoms with Crippen molar-refractivity contribution in [1.82, 2.24) is 14.4 Å². The van der Waals surface area contributed by atoms with Crippen LogP contribution in [0, 0.1) is 12.7 Å². The molecule has 7 nitrogen and oxygen atoms in total. The van der Waals surface area contributed by atoms with Crippen LogP contribution < -0.4 is 10.5 Å². The molecule has 144 valence electrons. The summed E-state index contributed by atoms with van der Waals surface area (Å²) < 4.78 is 46.7. The summed E-state index contributed by atoms with van der Waals surface area (Å²) in [5.74, 6) is -0.590. The number of hydrogen-bond donors (Lipinski definition) is 1. The second-order valence-corrected chi connectivity index (χ2v) is 8.86. The number of nitrogens with two attached hydrogens (primary N) is 1. The van der Waals surface area contributed by atoms with Gasteiger partial charge in [-0.15, -0.1) is 0 Å². The smallest absolute Gasteiger partial charge is 0.185 e. The minimum Gasteiger partial charge on any atom is -0.492 e. The summed E-state index contributed by atoms with van der Waals surface area (Å²) in [4.78, 5) is 8.37. The van der Waals surface area contributed by atoms with E-state index in [4.69, 9.17) is 10.5 Å². The third kappa shape index (κ3) is 3.23. The minimum atomic E-state index is -3.61. The molecule has 0 aliphatic carbocycles. The topological polar surface area (TPSA) is 99.6 Å². The average molecular weight is 392 g/mol. The van der Waals surface area contributed by atoms with E-state index in [1.165, 1.54) is 18.5 Å². The lowest BCUT2D eigenvalue weighted by Gasteiger charge is -2.15. The Balaban J connectivity index is 2.32. The monoisotopic (exact) mass is 392 g/mol. The molecule has 0 saturated heterocycles. The highest BCUT2D eigenvalue weighted by Crippen LogP contribution is 2.32. The van der Waals surface area contributed by atoms with Crippen LogP contribution in [0.1, 0.15) is 26.5 Å². The standard InChI is InChI=1S/C18H21FN4O3S/c1-5-26-15-7-17-21-8-14(12-6-13(19)18(20)22-11(12)4)23(17)9-16(15)27(24,25)10(2)3/h6-10H,5H2,1-4H3,(H2,20,22). The van der Waals surface area contributed by atoms with Gasteiger partial charge in [-0.25, -0.2) is 22.8 Å². The van der Waals surface area contributed by atoms with Crippen LogP contribution in [0.4, 0.5) is 10.2 Å². The van der Waals surface area contributed by atoms with Crippen molar-refractivity contribution in [2.75, 3.05) is 12.3 Å². The Bertz CT molecular complexity index is 1120. The zero-order valence-corrected chi connectivity index (χ0v) is 16.3. The molecule has 0 aliphatic rings. The molecule has 3 rings (SSSR count). The maximum atomic E-state index is 14.0. The number of aromatic nitrogens is 3. The first kappa shape index (κ1) is 19.1. The normalized spacial score (nSPS) is 12.1. The second-order valence-electron chi connectivity index (χ2n) is 6.39. The molecule has 0 bridgehead atoms. The highest BCUT2D eigenvalue weighted by atomic mass is 32.2. The molecule has 27 heavy (non-hydrogen) atoms. The summed E-state index contributed by atoms with van der Waals surface area (Å²) in [6.45, 7) is 7.00. The molecule has 0 amide bonds. The predicted octanol–water partition coefficient (Wildman–Crippen LogP) is 3.01. The van der Waals surface area contributed by atoms with Crippen molar-refractivity contribution in [3.05, 3.63) is 36.0 Å². The van der Waals surface area contributed by atoms with Gasteiger partial charge >= 0.3 is 0 Å². The van der Waals surface area contributed by atoms with Crippen molar-refractivity contribution in [2.24, 2.45) is 0 Å². The molecule has 0 aromatic carbocycles. The van der Waals surface area contributed by atoms with Gasteiger partial charge in [-0.3, -0.25) is 4.40 Å². The lowest BCUT2D eigenvalue weighted by atomic mass is 10.1. The number of halogens is 1.